The first kappa shape index (κ1) is 16.0. The SMILES string of the molecule is O=C(CCCOc1ccccc1F)Nc1cccc(CO)c1. The Morgan fingerprint density at radius 1 is 1.18 bits per heavy atom. The van der Waals surface area contributed by atoms with Gasteiger partial charge in [0.05, 0.1) is 13.2 Å². The minimum Gasteiger partial charge on any atom is -0.491 e. The molecule has 0 aliphatic carbocycles. The fourth-order valence-corrected chi connectivity index (χ4v) is 1.95. The van der Waals surface area contributed by atoms with Gasteiger partial charge >= 0.3 is 0 Å². The molecule has 0 heterocycles. The van der Waals surface area contributed by atoms with Crippen LogP contribution in [0.15, 0.2) is 48.5 Å². The molecular weight excluding hydrogens is 285 g/mol. The maximum atomic E-state index is 13.3. The van der Waals surface area contributed by atoms with Crippen LogP contribution in [0.1, 0.15) is 18.4 Å². The van der Waals surface area contributed by atoms with Crippen LogP contribution in [0, 0.1) is 5.82 Å². The lowest BCUT2D eigenvalue weighted by Crippen LogP contribution is -2.13. The molecule has 0 unspecified atom stereocenters. The van der Waals surface area contributed by atoms with E-state index >= 15 is 0 Å². The van der Waals surface area contributed by atoms with Crippen LogP contribution in [0.4, 0.5) is 10.1 Å². The average molecular weight is 303 g/mol. The first-order valence-electron chi connectivity index (χ1n) is 7.06. The Balaban J connectivity index is 1.73. The zero-order valence-electron chi connectivity index (χ0n) is 12.1. The van der Waals surface area contributed by atoms with E-state index in [0.29, 0.717) is 12.1 Å². The third kappa shape index (κ3) is 4.86. The quantitative estimate of drug-likeness (QED) is 0.773. The number of halogens is 1. The van der Waals surface area contributed by atoms with Crippen LogP contribution in [0.2, 0.25) is 0 Å². The predicted octanol–water partition coefficient (Wildman–Crippen LogP) is 3.12. The van der Waals surface area contributed by atoms with Gasteiger partial charge in [-0.15, -0.1) is 0 Å². The number of rotatable bonds is 7. The number of para-hydroxylation sites is 1. The fraction of sp³-hybridized carbons (Fsp3) is 0.235. The molecule has 2 aromatic rings. The lowest BCUT2D eigenvalue weighted by atomic mass is 10.2. The molecule has 5 heteroatoms. The molecule has 2 aromatic carbocycles. The van der Waals surface area contributed by atoms with Gasteiger partial charge in [0.25, 0.3) is 0 Å². The Labute approximate surface area is 128 Å². The van der Waals surface area contributed by atoms with Crippen molar-refractivity contribution < 1.29 is 19.0 Å². The molecule has 0 fully saturated rings. The first-order valence-corrected chi connectivity index (χ1v) is 7.06. The maximum absolute atomic E-state index is 13.3. The predicted molar refractivity (Wildman–Crippen MR) is 82.1 cm³/mol. The average Bonchev–Trinajstić information content (AvgIpc) is 2.53. The van der Waals surface area contributed by atoms with E-state index < -0.39 is 5.82 Å². The lowest BCUT2D eigenvalue weighted by molar-refractivity contribution is -0.116. The van der Waals surface area contributed by atoms with Gasteiger partial charge in [-0.2, -0.15) is 0 Å². The molecule has 2 rings (SSSR count). The Hall–Kier alpha value is -2.40. The van der Waals surface area contributed by atoms with E-state index in [1.54, 1.807) is 42.5 Å². The molecule has 0 spiro atoms. The van der Waals surface area contributed by atoms with Crippen LogP contribution in [-0.2, 0) is 11.4 Å². The van der Waals surface area contributed by atoms with Crippen LogP contribution in [0.5, 0.6) is 5.75 Å². The van der Waals surface area contributed by atoms with Crippen molar-refractivity contribution in [3.05, 3.63) is 59.9 Å². The number of amides is 1. The van der Waals surface area contributed by atoms with Gasteiger partial charge in [-0.25, -0.2) is 4.39 Å². The first-order chi connectivity index (χ1) is 10.7. The number of benzene rings is 2. The van der Waals surface area contributed by atoms with Crippen molar-refractivity contribution in [2.45, 2.75) is 19.4 Å². The van der Waals surface area contributed by atoms with Gasteiger partial charge < -0.3 is 15.2 Å². The van der Waals surface area contributed by atoms with Crippen LogP contribution in [-0.4, -0.2) is 17.6 Å². The van der Waals surface area contributed by atoms with Crippen LogP contribution < -0.4 is 10.1 Å². The number of hydrogen-bond donors (Lipinski definition) is 2. The summed E-state index contributed by atoms with van der Waals surface area (Å²) >= 11 is 0. The third-order valence-electron chi connectivity index (χ3n) is 3.04. The van der Waals surface area contributed by atoms with E-state index in [9.17, 15) is 9.18 Å². The molecule has 4 nitrogen and oxygen atoms in total. The highest BCUT2D eigenvalue weighted by Gasteiger charge is 2.05. The van der Waals surface area contributed by atoms with E-state index in [2.05, 4.69) is 5.32 Å². The topological polar surface area (TPSA) is 58.6 Å². The molecule has 116 valence electrons. The summed E-state index contributed by atoms with van der Waals surface area (Å²) in [6.45, 7) is 0.200. The number of carbonyl (C=O) groups excluding carboxylic acids is 1. The summed E-state index contributed by atoms with van der Waals surface area (Å²) < 4.78 is 18.6. The molecule has 0 aliphatic heterocycles. The van der Waals surface area contributed by atoms with E-state index in [-0.39, 0.29) is 31.3 Å². The molecule has 0 bridgehead atoms. The van der Waals surface area contributed by atoms with Crippen molar-refractivity contribution in [3.63, 3.8) is 0 Å². The van der Waals surface area contributed by atoms with Crippen LogP contribution in [0.25, 0.3) is 0 Å². The molecule has 1 amide bonds. The second-order valence-corrected chi connectivity index (χ2v) is 4.79. The fourth-order valence-electron chi connectivity index (χ4n) is 1.95. The van der Waals surface area contributed by atoms with Gasteiger partial charge in [-0.05, 0) is 36.2 Å². The maximum Gasteiger partial charge on any atom is 0.224 e. The second-order valence-electron chi connectivity index (χ2n) is 4.79. The number of ether oxygens (including phenoxy) is 1. The Kier molecular flexibility index (Phi) is 5.91. The highest BCUT2D eigenvalue weighted by molar-refractivity contribution is 5.90. The number of hydrogen-bond acceptors (Lipinski definition) is 3. The summed E-state index contributed by atoms with van der Waals surface area (Å²) in [5.74, 6) is -0.362. The van der Waals surface area contributed by atoms with Gasteiger partial charge in [0, 0.05) is 12.1 Å². The van der Waals surface area contributed by atoms with Crippen LogP contribution >= 0.6 is 0 Å². The van der Waals surface area contributed by atoms with Crippen molar-refractivity contribution >= 4 is 11.6 Å². The van der Waals surface area contributed by atoms with Gasteiger partial charge in [0.1, 0.15) is 0 Å². The van der Waals surface area contributed by atoms with Gasteiger partial charge in [-0.3, -0.25) is 4.79 Å². The smallest absolute Gasteiger partial charge is 0.224 e. The highest BCUT2D eigenvalue weighted by atomic mass is 19.1. The molecule has 2 N–H and O–H groups in total. The van der Waals surface area contributed by atoms with Gasteiger partial charge in [0.15, 0.2) is 11.6 Å². The van der Waals surface area contributed by atoms with Crippen molar-refractivity contribution in [2.24, 2.45) is 0 Å². The van der Waals surface area contributed by atoms with Gasteiger partial charge in [-0.1, -0.05) is 24.3 Å². The number of nitrogens with one attached hydrogen (secondary N) is 1. The zero-order chi connectivity index (χ0) is 15.8. The number of aliphatic hydroxyl groups excluding tert-OH is 1. The monoisotopic (exact) mass is 303 g/mol. The number of aliphatic hydroxyl groups is 1. The zero-order valence-corrected chi connectivity index (χ0v) is 12.1. The molecule has 0 saturated carbocycles. The third-order valence-corrected chi connectivity index (χ3v) is 3.04. The molecule has 0 radical (unpaired) electrons. The minimum atomic E-state index is -0.409. The van der Waals surface area contributed by atoms with E-state index in [1.165, 1.54) is 6.07 Å². The van der Waals surface area contributed by atoms with Crippen molar-refractivity contribution in [1.29, 1.82) is 0 Å². The summed E-state index contributed by atoms with van der Waals surface area (Å²) in [4.78, 5) is 11.8. The van der Waals surface area contributed by atoms with E-state index in [0.717, 1.165) is 5.56 Å². The van der Waals surface area contributed by atoms with Crippen molar-refractivity contribution in [3.8, 4) is 5.75 Å². The summed E-state index contributed by atoms with van der Waals surface area (Å²) in [5.41, 5.74) is 1.38. The summed E-state index contributed by atoms with van der Waals surface area (Å²) in [6, 6.07) is 13.2. The molecule has 0 aliphatic rings. The highest BCUT2D eigenvalue weighted by Crippen LogP contribution is 2.16. The minimum absolute atomic E-state index is 0.0693. The second kappa shape index (κ2) is 8.14. The Morgan fingerprint density at radius 2 is 2.00 bits per heavy atom. The molecule has 0 aromatic heterocycles. The van der Waals surface area contributed by atoms with E-state index in [4.69, 9.17) is 9.84 Å². The van der Waals surface area contributed by atoms with Crippen molar-refractivity contribution in [1.82, 2.24) is 0 Å². The number of carbonyl (C=O) groups is 1. The molecule has 22 heavy (non-hydrogen) atoms. The molecule has 0 saturated heterocycles. The largest absolute Gasteiger partial charge is 0.491 e. The summed E-state index contributed by atoms with van der Waals surface area (Å²) in [7, 11) is 0. The van der Waals surface area contributed by atoms with Crippen LogP contribution in [0.3, 0.4) is 0 Å². The molecular formula is C17H18FNO3. The lowest BCUT2D eigenvalue weighted by Gasteiger charge is -2.08. The molecule has 0 atom stereocenters. The standard InChI is InChI=1S/C17H18FNO3/c18-15-7-1-2-8-16(15)22-10-4-9-17(21)19-14-6-3-5-13(11-14)12-20/h1-3,5-8,11,20H,4,9-10,12H2,(H,19,21). The van der Waals surface area contributed by atoms with Gasteiger partial charge in [0.2, 0.25) is 5.91 Å². The van der Waals surface area contributed by atoms with E-state index in [1.807, 2.05) is 0 Å². The summed E-state index contributed by atoms with van der Waals surface area (Å²) in [5, 5.41) is 11.8. The number of anilines is 1. The normalized spacial score (nSPS) is 10.3. The Bertz CT molecular complexity index is 631. The Morgan fingerprint density at radius 3 is 2.77 bits per heavy atom. The van der Waals surface area contributed by atoms with Crippen molar-refractivity contribution in [2.75, 3.05) is 11.9 Å². The summed E-state index contributed by atoms with van der Waals surface area (Å²) in [6.07, 6.45) is 0.762.